The van der Waals surface area contributed by atoms with Gasteiger partial charge in [-0.25, -0.2) is 9.97 Å². The Balaban J connectivity index is 2.27. The van der Waals surface area contributed by atoms with Crippen LogP contribution in [0.4, 0.5) is 0 Å². The maximum atomic E-state index is 13.6. The highest BCUT2D eigenvalue weighted by molar-refractivity contribution is 6.03. The summed E-state index contributed by atoms with van der Waals surface area (Å²) < 4.78 is 0. The number of nitriles is 1. The fourth-order valence-electron chi connectivity index (χ4n) is 3.88. The van der Waals surface area contributed by atoms with Crippen LogP contribution >= 0.6 is 0 Å². The molecule has 2 rings (SSSR count). The first-order chi connectivity index (χ1) is 16.7. The second kappa shape index (κ2) is 13.3. The van der Waals surface area contributed by atoms with Crippen LogP contribution in [0.2, 0.25) is 0 Å². The molecule has 184 valence electrons. The van der Waals surface area contributed by atoms with Gasteiger partial charge in [-0.05, 0) is 76.7 Å². The molecular formula is C29H37N5O. The molecule has 0 aliphatic carbocycles. The van der Waals surface area contributed by atoms with Gasteiger partial charge in [0.1, 0.15) is 6.33 Å². The molecule has 0 unspecified atom stereocenters. The number of carbonyl (C=O) groups excluding carboxylic acids is 1. The molecule has 0 saturated carbocycles. The van der Waals surface area contributed by atoms with Crippen molar-refractivity contribution >= 4 is 17.7 Å². The van der Waals surface area contributed by atoms with E-state index in [2.05, 4.69) is 41.5 Å². The third-order valence-electron chi connectivity index (χ3n) is 6.41. The summed E-state index contributed by atoms with van der Waals surface area (Å²) in [6, 6.07) is 4.36. The van der Waals surface area contributed by atoms with Gasteiger partial charge in [0, 0.05) is 36.8 Å². The normalized spacial score (nSPS) is 17.4. The monoisotopic (exact) mass is 471 g/mol. The van der Waals surface area contributed by atoms with Gasteiger partial charge < -0.3 is 4.90 Å². The Kier molecular flexibility index (Phi) is 10.5. The molecule has 0 aromatic carbocycles. The Morgan fingerprint density at radius 2 is 2.03 bits per heavy atom. The van der Waals surface area contributed by atoms with E-state index in [-0.39, 0.29) is 5.91 Å². The van der Waals surface area contributed by atoms with Crippen molar-refractivity contribution < 1.29 is 4.79 Å². The molecule has 1 aromatic rings. The van der Waals surface area contributed by atoms with Crippen LogP contribution in [0, 0.1) is 16.7 Å². The summed E-state index contributed by atoms with van der Waals surface area (Å²) in [5.74, 6) is -0.0402. The molecule has 0 radical (unpaired) electrons. The standard InChI is InChI=1S/C29H37N5O/c1-7-23(5)10-9-11-26(24(6)27-12-15-31-21-33-27)28(35)34-16-13-29(20-30,14-17-34)18-25(8-2)19-32-22(3)4/h8-12,15,19,21H,3,7,13-14,16-18H2,1-2,4-6H3/b11-9-,23-10+,25-8-,26-24-,32-19?. The van der Waals surface area contributed by atoms with E-state index in [9.17, 15) is 10.1 Å². The van der Waals surface area contributed by atoms with Crippen LogP contribution in [0.3, 0.4) is 0 Å². The van der Waals surface area contributed by atoms with Gasteiger partial charge in [-0.2, -0.15) is 5.26 Å². The summed E-state index contributed by atoms with van der Waals surface area (Å²) in [6.45, 7) is 14.7. The zero-order valence-electron chi connectivity index (χ0n) is 21.7. The molecule has 6 nitrogen and oxygen atoms in total. The van der Waals surface area contributed by atoms with Gasteiger partial charge in [-0.3, -0.25) is 9.79 Å². The van der Waals surface area contributed by atoms with E-state index in [0.717, 1.165) is 29.0 Å². The van der Waals surface area contributed by atoms with Gasteiger partial charge in [0.2, 0.25) is 0 Å². The molecule has 1 saturated heterocycles. The highest BCUT2D eigenvalue weighted by atomic mass is 16.2. The van der Waals surface area contributed by atoms with Crippen molar-refractivity contribution in [3.8, 4) is 6.07 Å². The molecule has 1 aliphatic heterocycles. The van der Waals surface area contributed by atoms with E-state index < -0.39 is 5.41 Å². The first-order valence-corrected chi connectivity index (χ1v) is 12.1. The maximum Gasteiger partial charge on any atom is 0.254 e. The summed E-state index contributed by atoms with van der Waals surface area (Å²) in [7, 11) is 0. The number of aromatic nitrogens is 2. The second-order valence-corrected chi connectivity index (χ2v) is 9.08. The summed E-state index contributed by atoms with van der Waals surface area (Å²) in [6.07, 6.45) is 15.6. The molecule has 0 bridgehead atoms. The number of aliphatic imine (C=N–C) groups is 1. The Morgan fingerprint density at radius 1 is 1.31 bits per heavy atom. The predicted octanol–water partition coefficient (Wildman–Crippen LogP) is 6.24. The first-order valence-electron chi connectivity index (χ1n) is 12.1. The van der Waals surface area contributed by atoms with E-state index in [4.69, 9.17) is 0 Å². The molecule has 1 aromatic heterocycles. The molecule has 6 heteroatoms. The lowest BCUT2D eigenvalue weighted by atomic mass is 9.75. The minimum atomic E-state index is -0.512. The topological polar surface area (TPSA) is 82.2 Å². The van der Waals surface area contributed by atoms with Gasteiger partial charge in [-0.1, -0.05) is 37.3 Å². The van der Waals surface area contributed by atoms with Crippen molar-refractivity contribution in [2.24, 2.45) is 10.4 Å². The molecular weight excluding hydrogens is 434 g/mol. The van der Waals surface area contributed by atoms with Gasteiger partial charge in [0.15, 0.2) is 0 Å². The third kappa shape index (κ3) is 7.99. The number of nitrogens with zero attached hydrogens (tertiary/aromatic N) is 5. The van der Waals surface area contributed by atoms with Crippen molar-refractivity contribution in [3.63, 3.8) is 0 Å². The van der Waals surface area contributed by atoms with Gasteiger partial charge in [0.25, 0.3) is 5.91 Å². The number of piperidine rings is 1. The summed E-state index contributed by atoms with van der Waals surface area (Å²) in [5, 5.41) is 10.0. The molecule has 2 heterocycles. The molecule has 0 atom stereocenters. The predicted molar refractivity (Wildman–Crippen MR) is 143 cm³/mol. The number of hydrogen-bond donors (Lipinski definition) is 0. The summed E-state index contributed by atoms with van der Waals surface area (Å²) in [5.41, 5.74) is 4.60. The van der Waals surface area contributed by atoms with E-state index in [0.29, 0.717) is 37.9 Å². The summed E-state index contributed by atoms with van der Waals surface area (Å²) >= 11 is 0. The number of amides is 1. The average Bonchev–Trinajstić information content (AvgIpc) is 2.88. The maximum absolute atomic E-state index is 13.6. The SMILES string of the molecule is C=C(C)N=C/C(=C\C)CC1(C#N)CCN(C(=O)C(/C=C\C=C(/C)CC)=C(/C)c2ccncn2)CC1. The Morgan fingerprint density at radius 3 is 2.57 bits per heavy atom. The number of rotatable bonds is 9. The van der Waals surface area contributed by atoms with Gasteiger partial charge >= 0.3 is 0 Å². The molecule has 1 amide bonds. The van der Waals surface area contributed by atoms with Crippen molar-refractivity contribution in [1.82, 2.24) is 14.9 Å². The first kappa shape index (κ1) is 27.7. The Labute approximate surface area is 210 Å². The third-order valence-corrected chi connectivity index (χ3v) is 6.41. The van der Waals surface area contributed by atoms with Gasteiger partial charge in [-0.15, -0.1) is 0 Å². The van der Waals surface area contributed by atoms with Gasteiger partial charge in [0.05, 0.1) is 17.2 Å². The van der Waals surface area contributed by atoms with E-state index in [1.807, 2.05) is 56.0 Å². The fourth-order valence-corrected chi connectivity index (χ4v) is 3.88. The van der Waals surface area contributed by atoms with Crippen LogP contribution in [-0.2, 0) is 4.79 Å². The van der Waals surface area contributed by atoms with Crippen molar-refractivity contribution in [1.29, 1.82) is 5.26 Å². The lowest BCUT2D eigenvalue weighted by molar-refractivity contribution is -0.128. The highest BCUT2D eigenvalue weighted by Gasteiger charge is 2.37. The van der Waals surface area contributed by atoms with Crippen LogP contribution < -0.4 is 0 Å². The van der Waals surface area contributed by atoms with Crippen molar-refractivity contribution in [3.05, 3.63) is 77.6 Å². The second-order valence-electron chi connectivity index (χ2n) is 9.08. The zero-order valence-corrected chi connectivity index (χ0v) is 21.7. The number of hydrogen-bond acceptors (Lipinski definition) is 5. The zero-order chi connectivity index (χ0) is 25.8. The minimum absolute atomic E-state index is 0.0402. The average molecular weight is 472 g/mol. The molecule has 1 aliphatic rings. The van der Waals surface area contributed by atoms with Crippen LogP contribution in [0.25, 0.3) is 5.57 Å². The number of carbonyl (C=O) groups is 1. The molecule has 0 spiro atoms. The Hall–Kier alpha value is -3.59. The number of allylic oxidation sites excluding steroid dienone is 7. The van der Waals surface area contributed by atoms with Crippen LogP contribution in [0.1, 0.15) is 66.0 Å². The summed E-state index contributed by atoms with van der Waals surface area (Å²) in [4.78, 5) is 28.1. The fraction of sp³-hybridized carbons (Fsp3) is 0.414. The van der Waals surface area contributed by atoms with Crippen LogP contribution in [0.15, 0.2) is 76.9 Å². The minimum Gasteiger partial charge on any atom is -0.339 e. The van der Waals surface area contributed by atoms with Crippen molar-refractivity contribution in [2.45, 2.75) is 60.3 Å². The van der Waals surface area contributed by atoms with Crippen molar-refractivity contribution in [2.75, 3.05) is 13.1 Å². The van der Waals surface area contributed by atoms with E-state index in [1.54, 1.807) is 12.4 Å². The highest BCUT2D eigenvalue weighted by Crippen LogP contribution is 2.37. The van der Waals surface area contributed by atoms with E-state index in [1.165, 1.54) is 11.9 Å². The smallest absolute Gasteiger partial charge is 0.254 e. The largest absolute Gasteiger partial charge is 0.339 e. The molecule has 1 fully saturated rings. The molecule has 35 heavy (non-hydrogen) atoms. The Bertz CT molecular complexity index is 1090. The quantitative estimate of drug-likeness (QED) is 0.243. The molecule has 0 N–H and O–H groups in total. The van der Waals surface area contributed by atoms with Crippen LogP contribution in [-0.4, -0.2) is 40.1 Å². The lowest BCUT2D eigenvalue weighted by Gasteiger charge is -2.38. The lowest BCUT2D eigenvalue weighted by Crippen LogP contribution is -2.43. The number of likely N-dealkylation sites (tertiary alicyclic amines) is 1. The van der Waals surface area contributed by atoms with Crippen LogP contribution in [0.5, 0.6) is 0 Å². The van der Waals surface area contributed by atoms with E-state index >= 15 is 0 Å².